The van der Waals surface area contributed by atoms with Gasteiger partial charge in [0.1, 0.15) is 5.82 Å². The number of benzene rings is 2. The van der Waals surface area contributed by atoms with Crippen molar-refractivity contribution < 1.29 is 4.92 Å². The first-order valence-corrected chi connectivity index (χ1v) is 6.31. The fourth-order valence-electron chi connectivity index (χ4n) is 2.21. The van der Waals surface area contributed by atoms with Gasteiger partial charge in [0, 0.05) is 6.07 Å². The molecule has 0 atom stereocenters. The molecule has 0 saturated heterocycles. The van der Waals surface area contributed by atoms with Crippen molar-refractivity contribution in [2.45, 2.75) is 6.92 Å². The summed E-state index contributed by atoms with van der Waals surface area (Å²) in [5.41, 5.74) is 1.38. The molecular formula is C15H11N3O3. The van der Waals surface area contributed by atoms with Crippen LogP contribution in [0.2, 0.25) is 0 Å². The van der Waals surface area contributed by atoms with Crippen LogP contribution in [0, 0.1) is 17.0 Å². The summed E-state index contributed by atoms with van der Waals surface area (Å²) in [4.78, 5) is 29.7. The van der Waals surface area contributed by atoms with Gasteiger partial charge in [-0.15, -0.1) is 0 Å². The van der Waals surface area contributed by atoms with Crippen molar-refractivity contribution in [2.75, 3.05) is 0 Å². The van der Waals surface area contributed by atoms with E-state index < -0.39 is 4.92 Å². The second kappa shape index (κ2) is 4.82. The van der Waals surface area contributed by atoms with Crippen LogP contribution in [-0.4, -0.2) is 14.9 Å². The van der Waals surface area contributed by atoms with Gasteiger partial charge in [-0.05, 0) is 30.7 Å². The summed E-state index contributed by atoms with van der Waals surface area (Å²) in [5.74, 6) is 0.199. The van der Waals surface area contributed by atoms with Gasteiger partial charge >= 0.3 is 0 Å². The van der Waals surface area contributed by atoms with E-state index in [0.717, 1.165) is 5.56 Å². The molecule has 0 spiro atoms. The van der Waals surface area contributed by atoms with Crippen LogP contribution in [0.3, 0.4) is 0 Å². The quantitative estimate of drug-likeness (QED) is 0.577. The van der Waals surface area contributed by atoms with Gasteiger partial charge in [0.15, 0.2) is 0 Å². The van der Waals surface area contributed by atoms with Gasteiger partial charge in [0.25, 0.3) is 11.2 Å². The molecule has 0 aliphatic heterocycles. The van der Waals surface area contributed by atoms with Crippen molar-refractivity contribution >= 4 is 16.6 Å². The molecule has 0 unspecified atom stereocenters. The summed E-state index contributed by atoms with van der Waals surface area (Å²) in [6, 6.07) is 11.5. The highest BCUT2D eigenvalue weighted by molar-refractivity contribution is 5.81. The van der Waals surface area contributed by atoms with Crippen LogP contribution in [-0.2, 0) is 0 Å². The number of H-pyrrole nitrogens is 1. The molecule has 0 radical (unpaired) electrons. The maximum Gasteiger partial charge on any atom is 0.280 e. The van der Waals surface area contributed by atoms with Gasteiger partial charge in [-0.2, -0.15) is 0 Å². The number of nitrogens with one attached hydrogen (secondary N) is 1. The lowest BCUT2D eigenvalue weighted by Gasteiger charge is -2.04. The molecule has 0 aliphatic rings. The number of hydrogen-bond donors (Lipinski definition) is 1. The SMILES string of the molecule is Cc1ccc2c(=O)[nH]c(-c3ccccc3[N+](=O)[O-])nc2c1. The smallest absolute Gasteiger partial charge is 0.280 e. The number of aryl methyl sites for hydroxylation is 1. The Bertz CT molecular complexity index is 915. The highest BCUT2D eigenvalue weighted by Gasteiger charge is 2.17. The second-order valence-electron chi connectivity index (χ2n) is 4.71. The van der Waals surface area contributed by atoms with Crippen molar-refractivity contribution in [3.05, 3.63) is 68.5 Å². The van der Waals surface area contributed by atoms with E-state index in [1.54, 1.807) is 30.3 Å². The Labute approximate surface area is 119 Å². The zero-order valence-corrected chi connectivity index (χ0v) is 11.2. The first kappa shape index (κ1) is 13.0. The minimum absolute atomic E-state index is 0.0901. The predicted octanol–water partition coefficient (Wildman–Crippen LogP) is 2.81. The van der Waals surface area contributed by atoms with Crippen molar-refractivity contribution in [2.24, 2.45) is 0 Å². The van der Waals surface area contributed by atoms with E-state index in [1.807, 2.05) is 13.0 Å². The normalized spacial score (nSPS) is 10.7. The third kappa shape index (κ3) is 2.27. The Balaban J connectivity index is 2.31. The third-order valence-electron chi connectivity index (χ3n) is 3.22. The molecule has 0 amide bonds. The Morgan fingerprint density at radius 1 is 1.19 bits per heavy atom. The van der Waals surface area contributed by atoms with Crippen LogP contribution in [0.25, 0.3) is 22.3 Å². The van der Waals surface area contributed by atoms with Crippen LogP contribution >= 0.6 is 0 Å². The lowest BCUT2D eigenvalue weighted by Crippen LogP contribution is -2.10. The molecule has 1 heterocycles. The molecule has 3 rings (SSSR count). The Morgan fingerprint density at radius 3 is 2.71 bits per heavy atom. The number of nitro groups is 1. The van der Waals surface area contributed by atoms with Crippen molar-refractivity contribution in [1.82, 2.24) is 9.97 Å². The number of aromatic nitrogens is 2. The zero-order valence-electron chi connectivity index (χ0n) is 11.2. The highest BCUT2D eigenvalue weighted by Crippen LogP contribution is 2.26. The molecular weight excluding hydrogens is 270 g/mol. The number of nitro benzene ring substituents is 1. The summed E-state index contributed by atoms with van der Waals surface area (Å²) in [6.07, 6.45) is 0. The van der Waals surface area contributed by atoms with Crippen molar-refractivity contribution in [1.29, 1.82) is 0 Å². The Morgan fingerprint density at radius 2 is 1.95 bits per heavy atom. The van der Waals surface area contributed by atoms with E-state index in [9.17, 15) is 14.9 Å². The monoisotopic (exact) mass is 281 g/mol. The summed E-state index contributed by atoms with van der Waals surface area (Å²) in [6.45, 7) is 1.90. The average molecular weight is 281 g/mol. The first-order chi connectivity index (χ1) is 10.1. The molecule has 0 fully saturated rings. The van der Waals surface area contributed by atoms with Gasteiger partial charge in [0.2, 0.25) is 0 Å². The lowest BCUT2D eigenvalue weighted by atomic mass is 10.1. The topological polar surface area (TPSA) is 88.9 Å². The van der Waals surface area contributed by atoms with E-state index in [4.69, 9.17) is 0 Å². The van der Waals surface area contributed by atoms with Crippen molar-refractivity contribution in [3.8, 4) is 11.4 Å². The molecule has 3 aromatic rings. The zero-order chi connectivity index (χ0) is 15.0. The number of hydrogen-bond acceptors (Lipinski definition) is 4. The van der Waals surface area contributed by atoms with Crippen LogP contribution < -0.4 is 5.56 Å². The average Bonchev–Trinajstić information content (AvgIpc) is 2.46. The predicted molar refractivity (Wildman–Crippen MR) is 79.2 cm³/mol. The van der Waals surface area contributed by atoms with Crippen molar-refractivity contribution in [3.63, 3.8) is 0 Å². The molecule has 21 heavy (non-hydrogen) atoms. The molecule has 0 aliphatic carbocycles. The number of rotatable bonds is 2. The molecule has 6 nitrogen and oxygen atoms in total. The van der Waals surface area contributed by atoms with E-state index in [0.29, 0.717) is 16.5 Å². The van der Waals surface area contributed by atoms with Gasteiger partial charge in [0.05, 0.1) is 21.4 Å². The molecule has 0 bridgehead atoms. The maximum absolute atomic E-state index is 12.1. The Kier molecular flexibility index (Phi) is 2.98. The maximum atomic E-state index is 12.1. The molecule has 1 N–H and O–H groups in total. The second-order valence-corrected chi connectivity index (χ2v) is 4.71. The van der Waals surface area contributed by atoms with Gasteiger partial charge < -0.3 is 4.98 Å². The first-order valence-electron chi connectivity index (χ1n) is 6.31. The molecule has 104 valence electrons. The molecule has 1 aromatic heterocycles. The Hall–Kier alpha value is -3.02. The largest absolute Gasteiger partial charge is 0.306 e. The number of nitrogens with zero attached hydrogens (tertiary/aromatic N) is 2. The van der Waals surface area contributed by atoms with Gasteiger partial charge in [-0.1, -0.05) is 18.2 Å². The van der Waals surface area contributed by atoms with E-state index in [-0.39, 0.29) is 17.1 Å². The highest BCUT2D eigenvalue weighted by atomic mass is 16.6. The van der Waals surface area contributed by atoms with Crippen LogP contribution in [0.5, 0.6) is 0 Å². The summed E-state index contributed by atoms with van der Waals surface area (Å²) in [5, 5.41) is 11.5. The minimum atomic E-state index is -0.490. The van der Waals surface area contributed by atoms with Crippen LogP contribution in [0.15, 0.2) is 47.3 Å². The summed E-state index contributed by atoms with van der Waals surface area (Å²) in [7, 11) is 0. The van der Waals surface area contributed by atoms with Crippen LogP contribution in [0.4, 0.5) is 5.69 Å². The fourth-order valence-corrected chi connectivity index (χ4v) is 2.21. The molecule has 6 heteroatoms. The van der Waals surface area contributed by atoms with Crippen LogP contribution in [0.1, 0.15) is 5.56 Å². The standard InChI is InChI=1S/C15H11N3O3/c1-9-6-7-10-12(8-9)16-14(17-15(10)19)11-4-2-3-5-13(11)18(20)21/h2-8H,1H3,(H,16,17,19). The van der Waals surface area contributed by atoms with E-state index in [2.05, 4.69) is 9.97 Å². The van der Waals surface area contributed by atoms with Gasteiger partial charge in [-0.3, -0.25) is 14.9 Å². The van der Waals surface area contributed by atoms with E-state index in [1.165, 1.54) is 6.07 Å². The lowest BCUT2D eigenvalue weighted by molar-refractivity contribution is -0.384. The third-order valence-corrected chi connectivity index (χ3v) is 3.22. The number of fused-ring (bicyclic) bond motifs is 1. The number of para-hydroxylation sites is 1. The summed E-state index contributed by atoms with van der Waals surface area (Å²) >= 11 is 0. The minimum Gasteiger partial charge on any atom is -0.306 e. The van der Waals surface area contributed by atoms with E-state index >= 15 is 0 Å². The van der Waals surface area contributed by atoms with Gasteiger partial charge in [-0.25, -0.2) is 4.98 Å². The molecule has 2 aromatic carbocycles. The fraction of sp³-hybridized carbons (Fsp3) is 0.0667. The number of aromatic amines is 1. The summed E-state index contributed by atoms with van der Waals surface area (Å²) < 4.78 is 0. The molecule has 0 saturated carbocycles.